The van der Waals surface area contributed by atoms with Gasteiger partial charge in [0.1, 0.15) is 0 Å². The molecule has 0 saturated carbocycles. The lowest BCUT2D eigenvalue weighted by atomic mass is 9.46. The first-order valence-corrected chi connectivity index (χ1v) is 11.0. The van der Waals surface area contributed by atoms with Gasteiger partial charge in [-0.25, -0.2) is 4.90 Å². The van der Waals surface area contributed by atoms with E-state index in [1.165, 1.54) is 12.1 Å². The highest BCUT2D eigenvalue weighted by Crippen LogP contribution is 2.65. The molecule has 2 bridgehead atoms. The van der Waals surface area contributed by atoms with Gasteiger partial charge in [0.05, 0.1) is 23.1 Å². The summed E-state index contributed by atoms with van der Waals surface area (Å²) < 4.78 is 40.1. The highest BCUT2D eigenvalue weighted by molar-refractivity contribution is 6.23. The Balaban J connectivity index is 1.59. The van der Waals surface area contributed by atoms with Gasteiger partial charge >= 0.3 is 6.18 Å². The lowest BCUT2D eigenvalue weighted by molar-refractivity contribution is -0.137. The predicted molar refractivity (Wildman–Crippen MR) is 117 cm³/mol. The summed E-state index contributed by atoms with van der Waals surface area (Å²) in [5.41, 5.74) is 2.56. The Kier molecular flexibility index (Phi) is 4.02. The van der Waals surface area contributed by atoms with E-state index in [1.54, 1.807) is 0 Å². The maximum absolute atomic E-state index is 13.9. The fraction of sp³-hybridized carbons (Fsp3) is 0.259. The molecule has 2 amide bonds. The summed E-state index contributed by atoms with van der Waals surface area (Å²) in [6.45, 7) is 2.01. The van der Waals surface area contributed by atoms with E-state index >= 15 is 0 Å². The molecule has 3 aromatic carbocycles. The third kappa shape index (κ3) is 2.41. The molecule has 0 spiro atoms. The molecule has 1 aliphatic heterocycles. The maximum atomic E-state index is 13.9. The number of halogens is 3. The lowest BCUT2D eigenvalue weighted by Gasteiger charge is -2.54. The van der Waals surface area contributed by atoms with Crippen molar-refractivity contribution in [3.63, 3.8) is 0 Å². The van der Waals surface area contributed by atoms with E-state index in [2.05, 4.69) is 0 Å². The number of hydrogen-bond acceptors (Lipinski definition) is 2. The summed E-state index contributed by atoms with van der Waals surface area (Å²) >= 11 is 0. The fourth-order valence-corrected chi connectivity index (χ4v) is 6.61. The van der Waals surface area contributed by atoms with Crippen molar-refractivity contribution in [3.8, 4) is 0 Å². The average Bonchev–Trinajstić information content (AvgIpc) is 3.09. The van der Waals surface area contributed by atoms with Crippen LogP contribution in [0.25, 0.3) is 0 Å². The third-order valence-corrected chi connectivity index (χ3v) is 7.78. The number of carbonyl (C=O) groups is 2. The Hall–Kier alpha value is -3.41. The number of amides is 2. The topological polar surface area (TPSA) is 37.4 Å². The quantitative estimate of drug-likeness (QED) is 0.475. The summed E-state index contributed by atoms with van der Waals surface area (Å²) in [5, 5.41) is 0. The number of anilines is 1. The molecule has 0 aromatic heterocycles. The van der Waals surface area contributed by atoms with Crippen molar-refractivity contribution in [1.82, 2.24) is 0 Å². The number of carbonyl (C=O) groups excluding carboxylic acids is 2. The highest BCUT2D eigenvalue weighted by atomic mass is 19.4. The zero-order valence-corrected chi connectivity index (χ0v) is 17.8. The molecular formula is C27H20F3NO2. The van der Waals surface area contributed by atoms with E-state index in [-0.39, 0.29) is 11.6 Å². The molecule has 4 aliphatic rings. The predicted octanol–water partition coefficient (Wildman–Crippen LogP) is 5.67. The number of imide groups is 1. The van der Waals surface area contributed by atoms with Gasteiger partial charge in [-0.05, 0) is 46.9 Å². The zero-order valence-electron chi connectivity index (χ0n) is 17.8. The molecular weight excluding hydrogens is 427 g/mol. The van der Waals surface area contributed by atoms with Crippen LogP contribution in [0.15, 0.2) is 72.8 Å². The summed E-state index contributed by atoms with van der Waals surface area (Å²) in [7, 11) is 0. The van der Waals surface area contributed by atoms with Crippen molar-refractivity contribution < 1.29 is 22.8 Å². The number of benzene rings is 3. The normalized spacial score (nSPS) is 27.4. The molecule has 1 fully saturated rings. The lowest BCUT2D eigenvalue weighted by Crippen LogP contribution is -2.53. The molecule has 2 unspecified atom stereocenters. The summed E-state index contributed by atoms with van der Waals surface area (Å²) in [4.78, 5) is 28.7. The highest BCUT2D eigenvalue weighted by Gasteiger charge is 2.67. The van der Waals surface area contributed by atoms with Gasteiger partial charge in [0.15, 0.2) is 0 Å². The Morgan fingerprint density at radius 2 is 1.45 bits per heavy atom. The van der Waals surface area contributed by atoms with E-state index in [0.29, 0.717) is 6.42 Å². The minimum atomic E-state index is -4.56. The van der Waals surface area contributed by atoms with Gasteiger partial charge < -0.3 is 0 Å². The number of rotatable bonds is 2. The SMILES string of the molecule is CCC12c3ccccc3C(c3ccccc31)C1C(=O)N(c3cccc(C(F)(F)F)c3)C(=O)C12. The summed E-state index contributed by atoms with van der Waals surface area (Å²) in [6.07, 6.45) is -3.96. The fourth-order valence-electron chi connectivity index (χ4n) is 6.61. The van der Waals surface area contributed by atoms with Crippen LogP contribution in [0.5, 0.6) is 0 Å². The van der Waals surface area contributed by atoms with Gasteiger partial charge in [0.2, 0.25) is 11.8 Å². The van der Waals surface area contributed by atoms with Crippen LogP contribution in [0.1, 0.15) is 47.1 Å². The maximum Gasteiger partial charge on any atom is 0.416 e. The molecule has 1 heterocycles. The average molecular weight is 447 g/mol. The standard InChI is InChI=1S/C27H20F3NO2/c1-2-26-19-12-5-3-10-17(19)21(18-11-4-6-13-20(18)26)22-23(26)25(33)31(24(22)32)16-9-7-8-15(14-16)27(28,29)30/h3-14,21-23H,2H2,1H3. The van der Waals surface area contributed by atoms with E-state index in [9.17, 15) is 22.8 Å². The molecule has 3 nitrogen and oxygen atoms in total. The van der Waals surface area contributed by atoms with Gasteiger partial charge in [-0.3, -0.25) is 9.59 Å². The second-order valence-corrected chi connectivity index (χ2v) is 9.04. The molecule has 3 aromatic rings. The van der Waals surface area contributed by atoms with Gasteiger partial charge in [0, 0.05) is 11.3 Å². The van der Waals surface area contributed by atoms with Crippen LogP contribution in [-0.2, 0) is 21.2 Å². The first-order chi connectivity index (χ1) is 15.8. The van der Waals surface area contributed by atoms with Gasteiger partial charge in [-0.15, -0.1) is 0 Å². The smallest absolute Gasteiger partial charge is 0.274 e. The molecule has 166 valence electrons. The summed E-state index contributed by atoms with van der Waals surface area (Å²) in [5.74, 6) is -2.43. The Morgan fingerprint density at radius 1 is 0.848 bits per heavy atom. The molecule has 7 rings (SSSR count). The first kappa shape index (κ1) is 20.2. The van der Waals surface area contributed by atoms with Crippen LogP contribution >= 0.6 is 0 Å². The van der Waals surface area contributed by atoms with E-state index in [1.807, 2.05) is 55.5 Å². The number of alkyl halides is 3. The van der Waals surface area contributed by atoms with Crippen molar-refractivity contribution in [1.29, 1.82) is 0 Å². The van der Waals surface area contributed by atoms with Crippen molar-refractivity contribution in [2.45, 2.75) is 30.9 Å². The third-order valence-electron chi connectivity index (χ3n) is 7.78. The Labute approximate surface area is 188 Å². The molecule has 33 heavy (non-hydrogen) atoms. The van der Waals surface area contributed by atoms with E-state index in [4.69, 9.17) is 0 Å². The van der Waals surface area contributed by atoms with Crippen LogP contribution < -0.4 is 4.90 Å². The van der Waals surface area contributed by atoms with Crippen molar-refractivity contribution in [2.24, 2.45) is 11.8 Å². The van der Waals surface area contributed by atoms with Crippen LogP contribution in [0.2, 0.25) is 0 Å². The minimum absolute atomic E-state index is 0.0204. The van der Waals surface area contributed by atoms with Gasteiger partial charge in [-0.2, -0.15) is 13.2 Å². The monoisotopic (exact) mass is 447 g/mol. The molecule has 1 saturated heterocycles. The molecule has 2 atom stereocenters. The number of nitrogens with zero attached hydrogens (tertiary/aromatic N) is 1. The second-order valence-electron chi connectivity index (χ2n) is 9.04. The number of hydrogen-bond donors (Lipinski definition) is 0. The largest absolute Gasteiger partial charge is 0.416 e. The van der Waals surface area contributed by atoms with E-state index < -0.39 is 40.8 Å². The van der Waals surface area contributed by atoms with Crippen molar-refractivity contribution >= 4 is 17.5 Å². The Morgan fingerprint density at radius 3 is 2.03 bits per heavy atom. The van der Waals surface area contributed by atoms with Gasteiger partial charge in [0.25, 0.3) is 0 Å². The molecule has 6 heteroatoms. The van der Waals surface area contributed by atoms with Crippen molar-refractivity contribution in [3.05, 3.63) is 101 Å². The van der Waals surface area contributed by atoms with E-state index in [0.717, 1.165) is 39.3 Å². The zero-order chi connectivity index (χ0) is 23.1. The van der Waals surface area contributed by atoms with Crippen LogP contribution in [0.3, 0.4) is 0 Å². The molecule has 3 aliphatic carbocycles. The van der Waals surface area contributed by atoms with Gasteiger partial charge in [-0.1, -0.05) is 61.5 Å². The molecule has 0 N–H and O–H groups in total. The Bertz CT molecular complexity index is 1280. The summed E-state index contributed by atoms with van der Waals surface area (Å²) in [6, 6.07) is 20.4. The minimum Gasteiger partial charge on any atom is -0.274 e. The second kappa shape index (κ2) is 6.56. The van der Waals surface area contributed by atoms with Crippen molar-refractivity contribution in [2.75, 3.05) is 4.90 Å². The first-order valence-electron chi connectivity index (χ1n) is 11.0. The van der Waals surface area contributed by atoms with Crippen LogP contribution in [0, 0.1) is 11.8 Å². The molecule has 0 radical (unpaired) electrons. The van der Waals surface area contributed by atoms with Crippen LogP contribution in [0.4, 0.5) is 18.9 Å². The van der Waals surface area contributed by atoms with Crippen LogP contribution in [-0.4, -0.2) is 11.8 Å².